The summed E-state index contributed by atoms with van der Waals surface area (Å²) in [6.07, 6.45) is 0.997. The first-order valence-corrected chi connectivity index (χ1v) is 8.81. The van der Waals surface area contributed by atoms with Crippen LogP contribution >= 0.6 is 0 Å². The Kier molecular flexibility index (Phi) is 4.43. The second-order valence-corrected chi connectivity index (χ2v) is 6.70. The van der Waals surface area contributed by atoms with Gasteiger partial charge in [0, 0.05) is 18.3 Å². The summed E-state index contributed by atoms with van der Waals surface area (Å²) < 4.78 is 23.9. The van der Waals surface area contributed by atoms with Gasteiger partial charge in [-0.2, -0.15) is 0 Å². The average molecular weight is 370 g/mol. The number of fused-ring (bicyclic) bond motifs is 1. The molecule has 7 heteroatoms. The van der Waals surface area contributed by atoms with Gasteiger partial charge in [0.1, 0.15) is 24.4 Å². The van der Waals surface area contributed by atoms with Crippen molar-refractivity contribution < 1.29 is 23.5 Å². The Hall–Kier alpha value is -3.09. The molecule has 1 fully saturated rings. The zero-order chi connectivity index (χ0) is 18.9. The lowest BCUT2D eigenvalue weighted by Gasteiger charge is -2.20. The van der Waals surface area contributed by atoms with Crippen molar-refractivity contribution in [3.8, 4) is 11.5 Å². The standard InChI is InChI=1S/C20H19FN2O4/c21-14-3-1-13(2-4-14)12-22-18(24)20(7-8-20)19(25)23-15-5-6-16-17(11-15)27-10-9-26-16/h1-6,11H,7-10,12H2,(H,22,24)(H,23,25). The third-order valence-electron chi connectivity index (χ3n) is 4.79. The van der Waals surface area contributed by atoms with Gasteiger partial charge in [-0.05, 0) is 42.7 Å². The largest absolute Gasteiger partial charge is 0.486 e. The number of hydrogen-bond donors (Lipinski definition) is 2. The Morgan fingerprint density at radius 1 is 0.963 bits per heavy atom. The van der Waals surface area contributed by atoms with Crippen LogP contribution in [0.15, 0.2) is 42.5 Å². The Bertz CT molecular complexity index is 878. The normalized spacial score (nSPS) is 16.3. The molecule has 2 aromatic carbocycles. The molecule has 2 aliphatic rings. The molecule has 0 aromatic heterocycles. The summed E-state index contributed by atoms with van der Waals surface area (Å²) in [4.78, 5) is 25.2. The maximum Gasteiger partial charge on any atom is 0.240 e. The van der Waals surface area contributed by atoms with E-state index in [0.717, 1.165) is 5.56 Å². The van der Waals surface area contributed by atoms with Gasteiger partial charge in [0.05, 0.1) is 0 Å². The zero-order valence-corrected chi connectivity index (χ0v) is 14.6. The fourth-order valence-electron chi connectivity index (χ4n) is 3.01. The smallest absolute Gasteiger partial charge is 0.240 e. The van der Waals surface area contributed by atoms with Crippen molar-refractivity contribution in [2.24, 2.45) is 5.41 Å². The van der Waals surface area contributed by atoms with E-state index in [1.54, 1.807) is 30.3 Å². The van der Waals surface area contributed by atoms with Crippen molar-refractivity contribution in [1.29, 1.82) is 0 Å². The first-order chi connectivity index (χ1) is 13.1. The number of carbonyl (C=O) groups is 2. The van der Waals surface area contributed by atoms with E-state index in [1.165, 1.54) is 12.1 Å². The molecule has 6 nitrogen and oxygen atoms in total. The maximum absolute atomic E-state index is 12.9. The van der Waals surface area contributed by atoms with Gasteiger partial charge in [-0.25, -0.2) is 4.39 Å². The first-order valence-electron chi connectivity index (χ1n) is 8.81. The highest BCUT2D eigenvalue weighted by Gasteiger charge is 2.56. The topological polar surface area (TPSA) is 76.7 Å². The monoisotopic (exact) mass is 370 g/mol. The predicted molar refractivity (Wildman–Crippen MR) is 96.0 cm³/mol. The summed E-state index contributed by atoms with van der Waals surface area (Å²) in [7, 11) is 0. The molecule has 0 radical (unpaired) electrons. The van der Waals surface area contributed by atoms with E-state index < -0.39 is 5.41 Å². The van der Waals surface area contributed by atoms with Gasteiger partial charge in [0.2, 0.25) is 11.8 Å². The van der Waals surface area contributed by atoms with E-state index in [0.29, 0.717) is 43.2 Å². The van der Waals surface area contributed by atoms with E-state index in [4.69, 9.17) is 9.47 Å². The molecule has 140 valence electrons. The van der Waals surface area contributed by atoms with Crippen molar-refractivity contribution >= 4 is 17.5 Å². The lowest BCUT2D eigenvalue weighted by Crippen LogP contribution is -2.39. The van der Waals surface area contributed by atoms with Gasteiger partial charge >= 0.3 is 0 Å². The molecule has 2 N–H and O–H groups in total. The number of carbonyl (C=O) groups excluding carboxylic acids is 2. The van der Waals surface area contributed by atoms with E-state index >= 15 is 0 Å². The van der Waals surface area contributed by atoms with Gasteiger partial charge in [0.25, 0.3) is 0 Å². The van der Waals surface area contributed by atoms with Crippen LogP contribution in [0, 0.1) is 11.2 Å². The molecule has 0 bridgehead atoms. The van der Waals surface area contributed by atoms with E-state index in [9.17, 15) is 14.0 Å². The van der Waals surface area contributed by atoms with Crippen molar-refractivity contribution in [1.82, 2.24) is 5.32 Å². The molecule has 2 amide bonds. The SMILES string of the molecule is O=C(NCc1ccc(F)cc1)C1(C(=O)Nc2ccc3c(c2)OCCO3)CC1. The Labute approximate surface area is 155 Å². The van der Waals surface area contributed by atoms with Crippen molar-refractivity contribution in [3.63, 3.8) is 0 Å². The van der Waals surface area contributed by atoms with Gasteiger partial charge in [0.15, 0.2) is 11.5 Å². The Morgan fingerprint density at radius 3 is 2.37 bits per heavy atom. The molecule has 2 aromatic rings. The van der Waals surface area contributed by atoms with Crippen molar-refractivity contribution in [2.45, 2.75) is 19.4 Å². The third kappa shape index (κ3) is 3.58. The van der Waals surface area contributed by atoms with Crippen molar-refractivity contribution in [3.05, 3.63) is 53.8 Å². The van der Waals surface area contributed by atoms with Crippen LogP contribution in [0.2, 0.25) is 0 Å². The second kappa shape index (κ2) is 6.90. The molecule has 1 aliphatic heterocycles. The summed E-state index contributed by atoms with van der Waals surface area (Å²) in [5.74, 6) is 0.224. The van der Waals surface area contributed by atoms with Crippen LogP contribution in [0.1, 0.15) is 18.4 Å². The number of anilines is 1. The molecule has 1 heterocycles. The second-order valence-electron chi connectivity index (χ2n) is 6.70. The van der Waals surface area contributed by atoms with Crippen LogP contribution in [0.4, 0.5) is 10.1 Å². The van der Waals surface area contributed by atoms with E-state index in [2.05, 4.69) is 10.6 Å². The molecule has 27 heavy (non-hydrogen) atoms. The molecule has 4 rings (SSSR count). The molecular formula is C20H19FN2O4. The average Bonchev–Trinajstić information content (AvgIpc) is 3.49. The number of halogens is 1. The molecule has 1 aliphatic carbocycles. The molecule has 0 saturated heterocycles. The number of amides is 2. The lowest BCUT2D eigenvalue weighted by molar-refractivity contribution is -0.134. The number of nitrogens with one attached hydrogen (secondary N) is 2. The minimum absolute atomic E-state index is 0.248. The number of hydrogen-bond acceptors (Lipinski definition) is 4. The van der Waals surface area contributed by atoms with Gasteiger partial charge in [-0.3, -0.25) is 9.59 Å². The van der Waals surface area contributed by atoms with E-state index in [-0.39, 0.29) is 24.2 Å². The summed E-state index contributed by atoms with van der Waals surface area (Å²) in [6.45, 7) is 1.20. The summed E-state index contributed by atoms with van der Waals surface area (Å²) in [5, 5.41) is 5.57. The van der Waals surface area contributed by atoms with Crippen LogP contribution in [0.3, 0.4) is 0 Å². The Morgan fingerprint density at radius 2 is 1.67 bits per heavy atom. The van der Waals surface area contributed by atoms with Gasteiger partial charge in [-0.15, -0.1) is 0 Å². The predicted octanol–water partition coefficient (Wildman–Crippen LogP) is 2.63. The molecule has 0 atom stereocenters. The molecule has 0 spiro atoms. The fourth-order valence-corrected chi connectivity index (χ4v) is 3.01. The summed E-state index contributed by atoms with van der Waals surface area (Å²) in [6, 6.07) is 11.0. The quantitative estimate of drug-likeness (QED) is 0.794. The molecule has 1 saturated carbocycles. The molecular weight excluding hydrogens is 351 g/mol. The minimum atomic E-state index is -1.05. The van der Waals surface area contributed by atoms with Crippen LogP contribution in [0.5, 0.6) is 11.5 Å². The highest BCUT2D eigenvalue weighted by Crippen LogP contribution is 2.47. The summed E-state index contributed by atoms with van der Waals surface area (Å²) >= 11 is 0. The fraction of sp³-hybridized carbons (Fsp3) is 0.300. The number of ether oxygens (including phenoxy) is 2. The number of benzene rings is 2. The van der Waals surface area contributed by atoms with Crippen LogP contribution in [-0.2, 0) is 16.1 Å². The van der Waals surface area contributed by atoms with E-state index in [1.807, 2.05) is 0 Å². The third-order valence-corrected chi connectivity index (χ3v) is 4.79. The minimum Gasteiger partial charge on any atom is -0.486 e. The van der Waals surface area contributed by atoms with Crippen molar-refractivity contribution in [2.75, 3.05) is 18.5 Å². The molecule has 0 unspecified atom stereocenters. The lowest BCUT2D eigenvalue weighted by atomic mass is 10.0. The summed E-state index contributed by atoms with van der Waals surface area (Å²) in [5.41, 5.74) is 0.280. The Balaban J connectivity index is 1.39. The van der Waals surface area contributed by atoms with Crippen LogP contribution < -0.4 is 20.1 Å². The van der Waals surface area contributed by atoms with Gasteiger partial charge < -0.3 is 20.1 Å². The first kappa shape index (κ1) is 17.3. The highest BCUT2D eigenvalue weighted by atomic mass is 19.1. The number of rotatable bonds is 5. The van der Waals surface area contributed by atoms with Gasteiger partial charge in [-0.1, -0.05) is 12.1 Å². The van der Waals surface area contributed by atoms with Crippen LogP contribution in [0.25, 0.3) is 0 Å². The zero-order valence-electron chi connectivity index (χ0n) is 14.6. The highest BCUT2D eigenvalue weighted by molar-refractivity contribution is 6.13. The maximum atomic E-state index is 12.9. The van der Waals surface area contributed by atoms with Crippen LogP contribution in [-0.4, -0.2) is 25.0 Å².